The van der Waals surface area contributed by atoms with Gasteiger partial charge in [-0.25, -0.2) is 0 Å². The summed E-state index contributed by atoms with van der Waals surface area (Å²) in [6.45, 7) is 2.34. The number of benzene rings is 2. The van der Waals surface area contributed by atoms with Gasteiger partial charge in [-0.2, -0.15) is 0 Å². The summed E-state index contributed by atoms with van der Waals surface area (Å²) >= 11 is -2.16. The van der Waals surface area contributed by atoms with Gasteiger partial charge in [0, 0.05) is 0 Å². The SMILES string of the molecule is CC1=[C]([Hf]([C]2=CC=CC2)[SiH](c2ccccc2)c2ccccc2)CC=C1.Cl.Cl. The second-order valence-corrected chi connectivity index (χ2v) is 27.4. The monoisotopic (exact) mass is 579 g/mol. The van der Waals surface area contributed by atoms with E-state index in [2.05, 4.69) is 98.0 Å². The van der Waals surface area contributed by atoms with Gasteiger partial charge in [0.25, 0.3) is 0 Å². The van der Waals surface area contributed by atoms with Crippen LogP contribution in [0.4, 0.5) is 0 Å². The minimum absolute atomic E-state index is 0. The van der Waals surface area contributed by atoms with E-state index < -0.39 is 26.6 Å². The van der Waals surface area contributed by atoms with Crippen LogP contribution in [-0.4, -0.2) is 5.98 Å². The standard InChI is InChI=1S/C12H11Si.C6H7.C5H5.2ClH.Hf/c1-3-7-11(8-4-1)13-12-9-5-2-6-10-12;1-6-4-2-3-5-6;1-2-4-5-3-1;;;/h1-10,13H;2,4H,3H2,1H3;1-3H,4H2;2*1H;. The van der Waals surface area contributed by atoms with Gasteiger partial charge in [-0.05, 0) is 0 Å². The van der Waals surface area contributed by atoms with E-state index in [1.807, 2.05) is 6.66 Å². The summed E-state index contributed by atoms with van der Waals surface area (Å²) in [5, 5.41) is 3.27. The Hall–Kier alpha value is -0.933. The maximum Gasteiger partial charge on any atom is -0.147 e. The van der Waals surface area contributed by atoms with Crippen LogP contribution in [0, 0.1) is 0 Å². The van der Waals surface area contributed by atoms with Crippen molar-refractivity contribution in [3.05, 3.63) is 103 Å². The Balaban J connectivity index is 0.00000131. The van der Waals surface area contributed by atoms with Crippen LogP contribution in [0.3, 0.4) is 0 Å². The largest absolute Gasteiger partial charge is 0.147 e. The molecule has 27 heavy (non-hydrogen) atoms. The van der Waals surface area contributed by atoms with E-state index in [0.29, 0.717) is 0 Å². The molecule has 2 aromatic rings. The molecular formula is C23H25Cl2HfSi. The predicted octanol–water partition coefficient (Wildman–Crippen LogP) is 5.06. The van der Waals surface area contributed by atoms with Crippen molar-refractivity contribution in [3.8, 4) is 0 Å². The Morgan fingerprint density at radius 3 is 1.81 bits per heavy atom. The fourth-order valence-electron chi connectivity index (χ4n) is 3.95. The third kappa shape index (κ3) is 4.92. The first-order valence-electron chi connectivity index (χ1n) is 9.04. The van der Waals surface area contributed by atoms with Gasteiger partial charge in [-0.3, -0.25) is 0 Å². The van der Waals surface area contributed by atoms with E-state index in [9.17, 15) is 0 Å². The molecule has 0 saturated heterocycles. The summed E-state index contributed by atoms with van der Waals surface area (Å²) < 4.78 is 3.66. The Bertz CT molecular complexity index is 830. The third-order valence-corrected chi connectivity index (χ3v) is 35.4. The average Bonchev–Trinajstić information content (AvgIpc) is 3.33. The van der Waals surface area contributed by atoms with E-state index in [1.54, 1.807) is 15.9 Å². The maximum atomic E-state index is 2.46. The molecule has 0 bridgehead atoms. The van der Waals surface area contributed by atoms with Gasteiger partial charge in [-0.15, -0.1) is 24.8 Å². The zero-order valence-electron chi connectivity index (χ0n) is 15.5. The van der Waals surface area contributed by atoms with Crippen LogP contribution in [0.15, 0.2) is 103 Å². The van der Waals surface area contributed by atoms with Gasteiger partial charge < -0.3 is 0 Å². The molecule has 139 valence electrons. The van der Waals surface area contributed by atoms with Crippen molar-refractivity contribution in [2.24, 2.45) is 0 Å². The molecule has 4 heteroatoms. The summed E-state index contributed by atoms with van der Waals surface area (Å²) in [6, 6.07) is 22.8. The molecule has 2 aliphatic rings. The third-order valence-electron chi connectivity index (χ3n) is 5.16. The molecule has 0 atom stereocenters. The summed E-state index contributed by atoms with van der Waals surface area (Å²) in [6.07, 6.45) is 14.3. The number of allylic oxidation sites excluding steroid dienone is 8. The van der Waals surface area contributed by atoms with Crippen LogP contribution in [-0.2, 0) is 20.6 Å². The summed E-state index contributed by atoms with van der Waals surface area (Å²) in [5.41, 5.74) is 1.57. The topological polar surface area (TPSA) is 0 Å². The molecule has 0 heterocycles. The normalized spacial score (nSPS) is 14.8. The molecule has 0 aromatic heterocycles. The molecule has 2 aromatic carbocycles. The predicted molar refractivity (Wildman–Crippen MR) is 122 cm³/mol. The van der Waals surface area contributed by atoms with Crippen LogP contribution in [0.5, 0.6) is 0 Å². The molecule has 4 rings (SSSR count). The fourth-order valence-corrected chi connectivity index (χ4v) is 37.2. The number of rotatable bonds is 5. The van der Waals surface area contributed by atoms with Gasteiger partial charge in [-0.1, -0.05) is 0 Å². The van der Waals surface area contributed by atoms with Crippen molar-refractivity contribution in [1.82, 2.24) is 0 Å². The Kier molecular flexibility index (Phi) is 8.75. The average molecular weight is 579 g/mol. The van der Waals surface area contributed by atoms with Crippen LogP contribution in [0.1, 0.15) is 19.8 Å². The molecule has 0 nitrogen and oxygen atoms in total. The maximum absolute atomic E-state index is 2.46. The van der Waals surface area contributed by atoms with E-state index in [-0.39, 0.29) is 24.8 Å². The van der Waals surface area contributed by atoms with Crippen molar-refractivity contribution in [2.45, 2.75) is 19.8 Å². The number of hydrogen-bond donors (Lipinski definition) is 0. The molecule has 0 fully saturated rings. The van der Waals surface area contributed by atoms with Crippen molar-refractivity contribution < 1.29 is 20.6 Å². The Morgan fingerprint density at radius 1 is 0.778 bits per heavy atom. The molecule has 0 amide bonds. The smallest absolute Gasteiger partial charge is 0.147 e. The van der Waals surface area contributed by atoms with Crippen LogP contribution in [0.25, 0.3) is 0 Å². The van der Waals surface area contributed by atoms with Crippen molar-refractivity contribution >= 4 is 41.2 Å². The number of halogens is 2. The first-order valence-corrected chi connectivity index (χ1v) is 20.6. The number of hydrogen-bond acceptors (Lipinski definition) is 0. The molecule has 2 aliphatic carbocycles. The zero-order valence-corrected chi connectivity index (χ0v) is 21.8. The first kappa shape index (κ1) is 22.4. The van der Waals surface area contributed by atoms with Gasteiger partial charge in [0.05, 0.1) is 0 Å². The fraction of sp³-hybridized carbons (Fsp3) is 0.130. The van der Waals surface area contributed by atoms with Gasteiger partial charge in [0.1, 0.15) is 0 Å². The molecule has 0 aliphatic heterocycles. The Morgan fingerprint density at radius 2 is 1.37 bits per heavy atom. The van der Waals surface area contributed by atoms with Gasteiger partial charge >= 0.3 is 160 Å². The molecular weight excluding hydrogens is 554 g/mol. The zero-order chi connectivity index (χ0) is 17.1. The summed E-state index contributed by atoms with van der Waals surface area (Å²) in [4.78, 5) is 0. The van der Waals surface area contributed by atoms with E-state index in [1.165, 1.54) is 12.8 Å². The minimum Gasteiger partial charge on any atom is -0.147 e. The minimum atomic E-state index is -2.16. The van der Waals surface area contributed by atoms with Gasteiger partial charge in [0.15, 0.2) is 0 Å². The van der Waals surface area contributed by atoms with E-state index >= 15 is 0 Å². The van der Waals surface area contributed by atoms with Crippen LogP contribution < -0.4 is 10.4 Å². The molecule has 0 saturated carbocycles. The van der Waals surface area contributed by atoms with E-state index in [0.717, 1.165) is 0 Å². The second kappa shape index (κ2) is 10.6. The quantitative estimate of drug-likeness (QED) is 0.435. The van der Waals surface area contributed by atoms with Crippen molar-refractivity contribution in [2.75, 3.05) is 0 Å². The van der Waals surface area contributed by atoms with Gasteiger partial charge in [0.2, 0.25) is 0 Å². The first-order chi connectivity index (χ1) is 12.3. The summed E-state index contributed by atoms with van der Waals surface area (Å²) in [7, 11) is 0. The second-order valence-electron chi connectivity index (χ2n) is 6.76. The molecule has 0 spiro atoms. The van der Waals surface area contributed by atoms with Crippen molar-refractivity contribution in [1.29, 1.82) is 0 Å². The van der Waals surface area contributed by atoms with Crippen LogP contribution in [0.2, 0.25) is 0 Å². The molecule has 0 N–H and O–H groups in total. The van der Waals surface area contributed by atoms with Crippen LogP contribution >= 0.6 is 24.8 Å². The van der Waals surface area contributed by atoms with E-state index in [4.69, 9.17) is 0 Å². The molecule has 0 unspecified atom stereocenters. The van der Waals surface area contributed by atoms with Crippen molar-refractivity contribution in [3.63, 3.8) is 0 Å². The summed E-state index contributed by atoms with van der Waals surface area (Å²) in [5.74, 6) is -1.20. The Labute approximate surface area is 183 Å². The molecule has 0 radical (unpaired) electrons.